The maximum absolute atomic E-state index is 12.6. The molecule has 0 spiro atoms. The lowest BCUT2D eigenvalue weighted by atomic mass is 9.85. The van der Waals surface area contributed by atoms with Gasteiger partial charge in [0, 0.05) is 6.04 Å². The highest BCUT2D eigenvalue weighted by Gasteiger charge is 2.60. The molecule has 0 N–H and O–H groups in total. The first kappa shape index (κ1) is 10.8. The smallest absolute Gasteiger partial charge is 0.233 e. The van der Waals surface area contributed by atoms with E-state index in [1.165, 1.54) is 19.3 Å². The van der Waals surface area contributed by atoms with Crippen molar-refractivity contribution in [3.8, 4) is 0 Å². The molecule has 18 heavy (non-hydrogen) atoms. The Morgan fingerprint density at radius 3 is 2.00 bits per heavy atom. The predicted molar refractivity (Wildman–Crippen MR) is 66.4 cm³/mol. The highest BCUT2D eigenvalue weighted by atomic mass is 16.2. The number of hydrogen-bond donors (Lipinski definition) is 0. The van der Waals surface area contributed by atoms with Gasteiger partial charge >= 0.3 is 0 Å². The minimum atomic E-state index is -0.00516. The molecule has 4 atom stereocenters. The molecule has 0 aromatic rings. The summed E-state index contributed by atoms with van der Waals surface area (Å²) in [6, 6.07) is 0.212. The van der Waals surface area contributed by atoms with Crippen LogP contribution in [0.15, 0.2) is 12.2 Å². The molecule has 1 heterocycles. The van der Waals surface area contributed by atoms with Crippen LogP contribution in [0.4, 0.5) is 0 Å². The van der Waals surface area contributed by atoms with Gasteiger partial charge in [-0.1, -0.05) is 31.4 Å². The topological polar surface area (TPSA) is 37.4 Å². The van der Waals surface area contributed by atoms with Crippen LogP contribution in [0.3, 0.4) is 0 Å². The van der Waals surface area contributed by atoms with Crippen molar-refractivity contribution in [2.45, 2.75) is 44.6 Å². The second kappa shape index (κ2) is 3.69. The van der Waals surface area contributed by atoms with E-state index in [1.807, 2.05) is 0 Å². The SMILES string of the molecule is O=C1[C@@H]2[C@H](C(=O)N1C1CCCCC1)[C@H]1C=C[C@H]2C1. The molecule has 3 nitrogen and oxygen atoms in total. The van der Waals surface area contributed by atoms with Crippen molar-refractivity contribution >= 4 is 11.8 Å². The Morgan fingerprint density at radius 2 is 1.44 bits per heavy atom. The first-order chi connectivity index (χ1) is 8.77. The summed E-state index contributed by atoms with van der Waals surface area (Å²) in [5.74, 6) is 0.987. The first-order valence-electron chi connectivity index (χ1n) is 7.32. The molecule has 4 aliphatic rings. The van der Waals surface area contributed by atoms with E-state index in [-0.39, 0.29) is 29.7 Å². The van der Waals surface area contributed by atoms with Gasteiger partial charge in [0.2, 0.25) is 11.8 Å². The Bertz CT molecular complexity index is 406. The number of rotatable bonds is 1. The molecule has 3 fully saturated rings. The van der Waals surface area contributed by atoms with E-state index in [0.29, 0.717) is 11.8 Å². The summed E-state index contributed by atoms with van der Waals surface area (Å²) < 4.78 is 0. The fourth-order valence-corrected chi connectivity index (χ4v) is 4.62. The van der Waals surface area contributed by atoms with Crippen molar-refractivity contribution < 1.29 is 9.59 Å². The summed E-state index contributed by atoms with van der Waals surface area (Å²) >= 11 is 0. The van der Waals surface area contributed by atoms with Crippen LogP contribution in [-0.4, -0.2) is 22.8 Å². The normalized spacial score (nSPS) is 43.0. The number of allylic oxidation sites excluding steroid dienone is 2. The third-order valence-corrected chi connectivity index (χ3v) is 5.44. The summed E-state index contributed by atoms with van der Waals surface area (Å²) in [6.45, 7) is 0. The van der Waals surface area contributed by atoms with Crippen molar-refractivity contribution in [3.05, 3.63) is 12.2 Å². The molecule has 3 aliphatic carbocycles. The molecule has 2 amide bonds. The van der Waals surface area contributed by atoms with Crippen LogP contribution in [0.5, 0.6) is 0 Å². The lowest BCUT2D eigenvalue weighted by molar-refractivity contribution is -0.144. The average molecular weight is 245 g/mol. The lowest BCUT2D eigenvalue weighted by Crippen LogP contribution is -2.42. The van der Waals surface area contributed by atoms with Gasteiger partial charge in [-0.3, -0.25) is 14.5 Å². The van der Waals surface area contributed by atoms with Gasteiger partial charge in [-0.05, 0) is 31.1 Å². The maximum Gasteiger partial charge on any atom is 0.233 e. The molecule has 3 heteroatoms. The lowest BCUT2D eigenvalue weighted by Gasteiger charge is -2.30. The van der Waals surface area contributed by atoms with Crippen LogP contribution in [0.2, 0.25) is 0 Å². The van der Waals surface area contributed by atoms with Crippen LogP contribution in [0.1, 0.15) is 38.5 Å². The molecule has 0 aromatic carbocycles. The highest BCUT2D eigenvalue weighted by Crippen LogP contribution is 2.53. The van der Waals surface area contributed by atoms with Crippen LogP contribution in [0.25, 0.3) is 0 Å². The Morgan fingerprint density at radius 1 is 0.889 bits per heavy atom. The highest BCUT2D eigenvalue weighted by molar-refractivity contribution is 6.06. The second-order valence-corrected chi connectivity index (χ2v) is 6.34. The van der Waals surface area contributed by atoms with E-state index in [9.17, 15) is 9.59 Å². The van der Waals surface area contributed by atoms with Crippen molar-refractivity contribution in [2.75, 3.05) is 0 Å². The van der Waals surface area contributed by atoms with E-state index in [2.05, 4.69) is 12.2 Å². The monoisotopic (exact) mass is 245 g/mol. The second-order valence-electron chi connectivity index (χ2n) is 6.34. The third-order valence-electron chi connectivity index (χ3n) is 5.44. The quantitative estimate of drug-likeness (QED) is 0.524. The number of nitrogens with zero attached hydrogens (tertiary/aromatic N) is 1. The minimum Gasteiger partial charge on any atom is -0.279 e. The zero-order valence-corrected chi connectivity index (χ0v) is 10.5. The van der Waals surface area contributed by atoms with E-state index >= 15 is 0 Å². The molecule has 0 unspecified atom stereocenters. The van der Waals surface area contributed by atoms with Crippen molar-refractivity contribution in [1.29, 1.82) is 0 Å². The van der Waals surface area contributed by atoms with Gasteiger partial charge in [0.25, 0.3) is 0 Å². The summed E-state index contributed by atoms with van der Waals surface area (Å²) in [6.07, 6.45) is 11.0. The van der Waals surface area contributed by atoms with E-state index in [0.717, 1.165) is 19.3 Å². The number of fused-ring (bicyclic) bond motifs is 5. The maximum atomic E-state index is 12.6. The number of carbonyl (C=O) groups excluding carboxylic acids is 2. The molecule has 0 aromatic heterocycles. The number of amides is 2. The Hall–Kier alpha value is -1.12. The molecule has 4 rings (SSSR count). The predicted octanol–water partition coefficient (Wildman–Crippen LogP) is 2.13. The molecule has 0 radical (unpaired) electrons. The number of likely N-dealkylation sites (tertiary alicyclic amines) is 1. The van der Waals surface area contributed by atoms with Gasteiger partial charge in [0.15, 0.2) is 0 Å². The molecule has 1 aliphatic heterocycles. The number of imide groups is 1. The summed E-state index contributed by atoms with van der Waals surface area (Å²) in [5.41, 5.74) is 0. The van der Waals surface area contributed by atoms with Crippen LogP contribution in [0, 0.1) is 23.7 Å². The minimum absolute atomic E-state index is 0.00516. The summed E-state index contributed by atoms with van der Waals surface area (Å²) in [4.78, 5) is 26.8. The molecule has 2 saturated carbocycles. The number of carbonyl (C=O) groups is 2. The van der Waals surface area contributed by atoms with Gasteiger partial charge in [-0.15, -0.1) is 0 Å². The van der Waals surface area contributed by atoms with E-state index in [1.54, 1.807) is 4.90 Å². The zero-order chi connectivity index (χ0) is 12.3. The number of hydrogen-bond acceptors (Lipinski definition) is 2. The van der Waals surface area contributed by atoms with Crippen LogP contribution in [-0.2, 0) is 9.59 Å². The summed E-state index contributed by atoms with van der Waals surface area (Å²) in [5, 5.41) is 0. The van der Waals surface area contributed by atoms with Crippen molar-refractivity contribution in [3.63, 3.8) is 0 Å². The fraction of sp³-hybridized carbons (Fsp3) is 0.733. The van der Waals surface area contributed by atoms with Gasteiger partial charge in [-0.2, -0.15) is 0 Å². The first-order valence-corrected chi connectivity index (χ1v) is 7.32. The molecular weight excluding hydrogens is 226 g/mol. The fourth-order valence-electron chi connectivity index (χ4n) is 4.62. The van der Waals surface area contributed by atoms with Gasteiger partial charge in [-0.25, -0.2) is 0 Å². The van der Waals surface area contributed by atoms with Crippen molar-refractivity contribution in [2.24, 2.45) is 23.7 Å². The van der Waals surface area contributed by atoms with Crippen molar-refractivity contribution in [1.82, 2.24) is 4.90 Å². The third kappa shape index (κ3) is 1.25. The van der Waals surface area contributed by atoms with Gasteiger partial charge < -0.3 is 0 Å². The Balaban J connectivity index is 1.63. The molecule has 96 valence electrons. The van der Waals surface area contributed by atoms with E-state index in [4.69, 9.17) is 0 Å². The van der Waals surface area contributed by atoms with Gasteiger partial charge in [0.1, 0.15) is 0 Å². The van der Waals surface area contributed by atoms with E-state index < -0.39 is 0 Å². The largest absolute Gasteiger partial charge is 0.279 e. The molecular formula is C15H19NO2. The Labute approximate surface area is 107 Å². The Kier molecular flexibility index (Phi) is 2.21. The standard InChI is InChI=1S/C15H19NO2/c17-14-12-9-6-7-10(8-9)13(12)15(18)16(14)11-4-2-1-3-5-11/h6-7,9-13H,1-5,8H2/t9-,10-,12-,13+/m0/s1. The molecule has 1 saturated heterocycles. The molecule has 2 bridgehead atoms. The summed E-state index contributed by atoms with van der Waals surface area (Å²) in [7, 11) is 0. The van der Waals surface area contributed by atoms with Crippen LogP contribution >= 0.6 is 0 Å². The van der Waals surface area contributed by atoms with Gasteiger partial charge in [0.05, 0.1) is 11.8 Å². The van der Waals surface area contributed by atoms with Crippen LogP contribution < -0.4 is 0 Å². The zero-order valence-electron chi connectivity index (χ0n) is 10.5. The average Bonchev–Trinajstić information content (AvgIpc) is 3.05.